The maximum absolute atomic E-state index is 11.4. The summed E-state index contributed by atoms with van der Waals surface area (Å²) in [4.78, 5) is 13.2. The highest BCUT2D eigenvalue weighted by Crippen LogP contribution is 1.93. The molecule has 0 aromatic carbocycles. The molecule has 1 N–H and O–H groups in total. The second-order valence-corrected chi connectivity index (χ2v) is 4.12. The van der Waals surface area contributed by atoms with Crippen LogP contribution >= 0.6 is 0 Å². The van der Waals surface area contributed by atoms with Crippen molar-refractivity contribution >= 4 is 5.91 Å². The van der Waals surface area contributed by atoms with Crippen LogP contribution in [0.15, 0.2) is 0 Å². The monoisotopic (exact) mass is 186 g/mol. The molecule has 0 aromatic rings. The van der Waals surface area contributed by atoms with Crippen molar-refractivity contribution in [3.63, 3.8) is 0 Å². The van der Waals surface area contributed by atoms with Gasteiger partial charge in [0.25, 0.3) is 0 Å². The maximum atomic E-state index is 11.4. The summed E-state index contributed by atoms with van der Waals surface area (Å²) < 4.78 is 0. The second-order valence-electron chi connectivity index (χ2n) is 4.12. The predicted octanol–water partition coefficient (Wildman–Crippen LogP) is 1.10. The lowest BCUT2D eigenvalue weighted by Gasteiger charge is -2.21. The highest BCUT2D eigenvalue weighted by Gasteiger charge is 2.10. The van der Waals surface area contributed by atoms with E-state index < -0.39 is 0 Å². The topological polar surface area (TPSA) is 32.3 Å². The minimum Gasteiger partial charge on any atom is -0.342 e. The van der Waals surface area contributed by atoms with Crippen LogP contribution in [0.2, 0.25) is 0 Å². The van der Waals surface area contributed by atoms with Crippen LogP contribution in [0.5, 0.6) is 0 Å². The smallest absolute Gasteiger partial charge is 0.236 e. The summed E-state index contributed by atoms with van der Waals surface area (Å²) >= 11 is 0. The molecule has 1 amide bonds. The number of carbonyl (C=O) groups is 1. The first-order chi connectivity index (χ1) is 5.95. The van der Waals surface area contributed by atoms with Gasteiger partial charge >= 0.3 is 0 Å². The Hall–Kier alpha value is -0.570. The normalized spacial score (nSPS) is 11.0. The summed E-state index contributed by atoms with van der Waals surface area (Å²) in [5.74, 6) is 0.757. The summed E-state index contributed by atoms with van der Waals surface area (Å²) in [5.41, 5.74) is 0. The van der Waals surface area contributed by atoms with Crippen molar-refractivity contribution in [1.82, 2.24) is 10.2 Å². The molecule has 0 fully saturated rings. The zero-order valence-corrected chi connectivity index (χ0v) is 9.42. The van der Waals surface area contributed by atoms with E-state index in [-0.39, 0.29) is 11.9 Å². The molecule has 0 saturated heterocycles. The molecule has 0 aliphatic rings. The number of hydrogen-bond acceptors (Lipinski definition) is 2. The van der Waals surface area contributed by atoms with Crippen LogP contribution < -0.4 is 5.32 Å². The lowest BCUT2D eigenvalue weighted by molar-refractivity contribution is -0.130. The average molecular weight is 186 g/mol. The van der Waals surface area contributed by atoms with E-state index in [1.807, 2.05) is 20.9 Å². The number of carbonyl (C=O) groups excluding carboxylic acids is 1. The van der Waals surface area contributed by atoms with Gasteiger partial charge in [0.15, 0.2) is 0 Å². The van der Waals surface area contributed by atoms with Gasteiger partial charge in [-0.25, -0.2) is 0 Å². The van der Waals surface area contributed by atoms with Crippen LogP contribution in [-0.2, 0) is 4.79 Å². The minimum atomic E-state index is 0.163. The first-order valence-electron chi connectivity index (χ1n) is 4.91. The Balaban J connectivity index is 3.62. The van der Waals surface area contributed by atoms with E-state index in [0.29, 0.717) is 12.5 Å². The molecule has 0 saturated carbocycles. The number of amides is 1. The van der Waals surface area contributed by atoms with E-state index in [2.05, 4.69) is 19.2 Å². The van der Waals surface area contributed by atoms with Crippen LogP contribution in [0.3, 0.4) is 0 Å². The summed E-state index contributed by atoms with van der Waals surface area (Å²) in [6, 6.07) is 0.286. The van der Waals surface area contributed by atoms with Crippen molar-refractivity contribution in [3.05, 3.63) is 0 Å². The molecule has 0 radical (unpaired) electrons. The van der Waals surface area contributed by atoms with Crippen molar-refractivity contribution in [3.8, 4) is 0 Å². The van der Waals surface area contributed by atoms with Crippen molar-refractivity contribution in [2.24, 2.45) is 5.92 Å². The molecule has 78 valence electrons. The molecule has 0 heterocycles. The first-order valence-corrected chi connectivity index (χ1v) is 4.91. The lowest BCUT2D eigenvalue weighted by Crippen LogP contribution is -2.40. The first kappa shape index (κ1) is 12.4. The molecule has 0 unspecified atom stereocenters. The third kappa shape index (κ3) is 5.64. The quantitative estimate of drug-likeness (QED) is 0.697. The number of likely N-dealkylation sites (N-methyl/N-ethyl adjacent to an activating group) is 1. The van der Waals surface area contributed by atoms with Gasteiger partial charge in [-0.3, -0.25) is 4.79 Å². The van der Waals surface area contributed by atoms with E-state index in [1.54, 1.807) is 4.90 Å². The summed E-state index contributed by atoms with van der Waals surface area (Å²) in [7, 11) is 1.84. The Kier molecular flexibility index (Phi) is 5.71. The third-order valence-corrected chi connectivity index (χ3v) is 2.00. The van der Waals surface area contributed by atoms with Gasteiger partial charge < -0.3 is 10.2 Å². The van der Waals surface area contributed by atoms with Crippen LogP contribution in [0.1, 0.15) is 27.7 Å². The molecular formula is C10H22N2O. The van der Waals surface area contributed by atoms with Gasteiger partial charge in [0, 0.05) is 13.1 Å². The van der Waals surface area contributed by atoms with Crippen LogP contribution in [0.4, 0.5) is 0 Å². The molecule has 0 aliphatic carbocycles. The highest BCUT2D eigenvalue weighted by molar-refractivity contribution is 5.78. The second kappa shape index (κ2) is 5.97. The van der Waals surface area contributed by atoms with Crippen LogP contribution in [0.25, 0.3) is 0 Å². The zero-order valence-electron chi connectivity index (χ0n) is 9.42. The van der Waals surface area contributed by atoms with Gasteiger partial charge in [-0.2, -0.15) is 0 Å². The van der Waals surface area contributed by atoms with Crippen molar-refractivity contribution in [2.75, 3.05) is 20.1 Å². The van der Waals surface area contributed by atoms with Gasteiger partial charge in [0.1, 0.15) is 0 Å². The zero-order chi connectivity index (χ0) is 10.4. The molecule has 3 nitrogen and oxygen atoms in total. The molecule has 0 spiro atoms. The summed E-state index contributed by atoms with van der Waals surface area (Å²) in [6.45, 7) is 9.64. The van der Waals surface area contributed by atoms with E-state index in [1.165, 1.54) is 0 Å². The fraction of sp³-hybridized carbons (Fsp3) is 0.900. The standard InChI is InChI=1S/C10H22N2O/c1-8(2)6-11-7-10(13)12(5)9(3)4/h8-9,11H,6-7H2,1-5H3. The molecule has 0 bridgehead atoms. The Morgan fingerprint density at radius 3 is 2.23 bits per heavy atom. The van der Waals surface area contributed by atoms with Crippen molar-refractivity contribution < 1.29 is 4.79 Å². The predicted molar refractivity (Wildman–Crippen MR) is 55.6 cm³/mol. The molecule has 3 heteroatoms. The number of nitrogens with zero attached hydrogens (tertiary/aromatic N) is 1. The SMILES string of the molecule is CC(C)CNCC(=O)N(C)C(C)C. The molecule has 13 heavy (non-hydrogen) atoms. The summed E-state index contributed by atoms with van der Waals surface area (Å²) in [6.07, 6.45) is 0. The Labute approximate surface area is 81.5 Å². The van der Waals surface area contributed by atoms with E-state index in [9.17, 15) is 4.79 Å². The third-order valence-electron chi connectivity index (χ3n) is 2.00. The van der Waals surface area contributed by atoms with Gasteiger partial charge in [-0.1, -0.05) is 13.8 Å². The fourth-order valence-electron chi connectivity index (χ4n) is 0.880. The fourth-order valence-corrected chi connectivity index (χ4v) is 0.880. The molecule has 0 aliphatic heterocycles. The van der Waals surface area contributed by atoms with Crippen LogP contribution in [-0.4, -0.2) is 37.0 Å². The van der Waals surface area contributed by atoms with Crippen molar-refractivity contribution in [1.29, 1.82) is 0 Å². The minimum absolute atomic E-state index is 0.163. The Morgan fingerprint density at radius 1 is 1.31 bits per heavy atom. The van der Waals surface area contributed by atoms with Gasteiger partial charge in [0.2, 0.25) is 5.91 Å². The Morgan fingerprint density at radius 2 is 1.85 bits per heavy atom. The number of hydrogen-bond donors (Lipinski definition) is 1. The van der Waals surface area contributed by atoms with Gasteiger partial charge in [0.05, 0.1) is 6.54 Å². The van der Waals surface area contributed by atoms with Gasteiger partial charge in [-0.05, 0) is 26.3 Å². The Bertz CT molecular complexity index is 155. The summed E-state index contributed by atoms with van der Waals surface area (Å²) in [5, 5.41) is 3.13. The van der Waals surface area contributed by atoms with E-state index in [0.717, 1.165) is 6.54 Å². The van der Waals surface area contributed by atoms with E-state index >= 15 is 0 Å². The number of nitrogens with one attached hydrogen (secondary N) is 1. The maximum Gasteiger partial charge on any atom is 0.236 e. The average Bonchev–Trinajstić information content (AvgIpc) is 2.02. The molecular weight excluding hydrogens is 164 g/mol. The lowest BCUT2D eigenvalue weighted by atomic mass is 10.2. The largest absolute Gasteiger partial charge is 0.342 e. The van der Waals surface area contributed by atoms with Crippen LogP contribution in [0, 0.1) is 5.92 Å². The van der Waals surface area contributed by atoms with E-state index in [4.69, 9.17) is 0 Å². The highest BCUT2D eigenvalue weighted by atomic mass is 16.2. The van der Waals surface area contributed by atoms with Gasteiger partial charge in [-0.15, -0.1) is 0 Å². The van der Waals surface area contributed by atoms with Crippen molar-refractivity contribution in [2.45, 2.75) is 33.7 Å². The molecule has 0 rings (SSSR count). The number of rotatable bonds is 5. The molecule has 0 atom stereocenters. The molecule has 0 aromatic heterocycles.